The quantitative estimate of drug-likeness (QED) is 0.721. The Bertz CT molecular complexity index is 806. The first-order valence-corrected chi connectivity index (χ1v) is 7.89. The molecule has 0 aliphatic carbocycles. The molecule has 0 radical (unpaired) electrons. The number of hydrogen-bond acceptors (Lipinski definition) is 6. The average molecular weight is 323 g/mol. The minimum absolute atomic E-state index is 0.636. The van der Waals surface area contributed by atoms with E-state index in [0.29, 0.717) is 18.8 Å². The SMILES string of the molecule is CN(C)CCOc1ccccc1CNc1ccc2nccnc2n1. The Hall–Kier alpha value is -2.73. The van der Waals surface area contributed by atoms with E-state index in [9.17, 15) is 0 Å². The van der Waals surface area contributed by atoms with Crippen LogP contribution < -0.4 is 10.1 Å². The molecule has 2 aromatic heterocycles. The van der Waals surface area contributed by atoms with E-state index in [-0.39, 0.29) is 0 Å². The number of ether oxygens (including phenoxy) is 1. The molecule has 0 saturated carbocycles. The summed E-state index contributed by atoms with van der Waals surface area (Å²) in [4.78, 5) is 15.0. The highest BCUT2D eigenvalue weighted by atomic mass is 16.5. The summed E-state index contributed by atoms with van der Waals surface area (Å²) >= 11 is 0. The van der Waals surface area contributed by atoms with Crippen LogP contribution >= 0.6 is 0 Å². The molecule has 3 aromatic rings. The molecular weight excluding hydrogens is 302 g/mol. The summed E-state index contributed by atoms with van der Waals surface area (Å²) in [7, 11) is 4.07. The van der Waals surface area contributed by atoms with Crippen LogP contribution in [0.25, 0.3) is 11.2 Å². The Balaban J connectivity index is 1.67. The second-order valence-corrected chi connectivity index (χ2v) is 5.71. The van der Waals surface area contributed by atoms with E-state index in [4.69, 9.17) is 4.74 Å². The van der Waals surface area contributed by atoms with Crippen molar-refractivity contribution in [3.05, 3.63) is 54.4 Å². The second kappa shape index (κ2) is 7.70. The molecule has 24 heavy (non-hydrogen) atoms. The Morgan fingerprint density at radius 2 is 1.88 bits per heavy atom. The molecule has 6 heteroatoms. The van der Waals surface area contributed by atoms with Gasteiger partial charge >= 0.3 is 0 Å². The fourth-order valence-corrected chi connectivity index (χ4v) is 2.27. The third kappa shape index (κ3) is 4.17. The topological polar surface area (TPSA) is 63.2 Å². The van der Waals surface area contributed by atoms with Crippen LogP contribution in [0.15, 0.2) is 48.8 Å². The van der Waals surface area contributed by atoms with Crippen LogP contribution in [0.1, 0.15) is 5.56 Å². The van der Waals surface area contributed by atoms with Crippen molar-refractivity contribution in [2.24, 2.45) is 0 Å². The zero-order valence-corrected chi connectivity index (χ0v) is 13.9. The first kappa shape index (κ1) is 16.1. The van der Waals surface area contributed by atoms with Gasteiger partial charge in [-0.05, 0) is 32.3 Å². The summed E-state index contributed by atoms with van der Waals surface area (Å²) in [6.45, 7) is 2.18. The van der Waals surface area contributed by atoms with Crippen LogP contribution in [0.2, 0.25) is 0 Å². The van der Waals surface area contributed by atoms with Crippen LogP contribution in [0.5, 0.6) is 5.75 Å². The molecule has 6 nitrogen and oxygen atoms in total. The number of aromatic nitrogens is 3. The number of likely N-dealkylation sites (N-methyl/N-ethyl adjacent to an activating group) is 1. The number of nitrogens with zero attached hydrogens (tertiary/aromatic N) is 4. The largest absolute Gasteiger partial charge is 0.492 e. The number of fused-ring (bicyclic) bond motifs is 1. The second-order valence-electron chi connectivity index (χ2n) is 5.71. The molecule has 0 aliphatic heterocycles. The zero-order chi connectivity index (χ0) is 16.8. The van der Waals surface area contributed by atoms with E-state index in [1.54, 1.807) is 12.4 Å². The lowest BCUT2D eigenvalue weighted by Crippen LogP contribution is -2.19. The zero-order valence-electron chi connectivity index (χ0n) is 13.9. The molecule has 0 bridgehead atoms. The highest BCUT2D eigenvalue weighted by molar-refractivity contribution is 5.71. The lowest BCUT2D eigenvalue weighted by molar-refractivity contribution is 0.259. The fraction of sp³-hybridized carbons (Fsp3) is 0.278. The van der Waals surface area contributed by atoms with Crippen molar-refractivity contribution in [2.45, 2.75) is 6.54 Å². The van der Waals surface area contributed by atoms with Crippen molar-refractivity contribution in [1.82, 2.24) is 19.9 Å². The van der Waals surface area contributed by atoms with Gasteiger partial charge in [0.15, 0.2) is 5.65 Å². The van der Waals surface area contributed by atoms with Crippen molar-refractivity contribution in [1.29, 1.82) is 0 Å². The average Bonchev–Trinajstić information content (AvgIpc) is 2.60. The van der Waals surface area contributed by atoms with Crippen LogP contribution in [0.4, 0.5) is 5.82 Å². The molecule has 3 rings (SSSR count). The molecule has 1 aromatic carbocycles. The summed E-state index contributed by atoms with van der Waals surface area (Å²) in [5.41, 5.74) is 2.52. The Kier molecular flexibility index (Phi) is 5.18. The normalized spacial score (nSPS) is 11.0. The van der Waals surface area contributed by atoms with Gasteiger partial charge in [-0.1, -0.05) is 18.2 Å². The van der Waals surface area contributed by atoms with Crippen molar-refractivity contribution >= 4 is 17.0 Å². The van der Waals surface area contributed by atoms with E-state index >= 15 is 0 Å². The summed E-state index contributed by atoms with van der Waals surface area (Å²) in [6, 6.07) is 11.9. The van der Waals surface area contributed by atoms with Gasteiger partial charge in [0.05, 0.1) is 0 Å². The minimum Gasteiger partial charge on any atom is -0.492 e. The fourth-order valence-electron chi connectivity index (χ4n) is 2.27. The standard InChI is InChI=1S/C18H21N5O/c1-23(2)11-12-24-16-6-4-3-5-14(16)13-21-17-8-7-15-18(22-17)20-10-9-19-15/h3-10H,11-13H2,1-2H3,(H,20,21,22). The molecule has 2 heterocycles. The molecule has 1 N–H and O–H groups in total. The Labute approximate surface area is 141 Å². The van der Waals surface area contributed by atoms with E-state index < -0.39 is 0 Å². The van der Waals surface area contributed by atoms with Crippen LogP contribution in [0, 0.1) is 0 Å². The van der Waals surface area contributed by atoms with Gasteiger partial charge in [0.2, 0.25) is 0 Å². The first-order chi connectivity index (χ1) is 11.7. The molecule has 124 valence electrons. The number of anilines is 1. The predicted molar refractivity (Wildman–Crippen MR) is 95.2 cm³/mol. The predicted octanol–water partition coefficient (Wildman–Crippen LogP) is 2.58. The summed E-state index contributed by atoms with van der Waals surface area (Å²) in [6.07, 6.45) is 3.31. The molecule has 0 fully saturated rings. The Morgan fingerprint density at radius 1 is 1.04 bits per heavy atom. The number of benzene rings is 1. The monoisotopic (exact) mass is 323 g/mol. The minimum atomic E-state index is 0.636. The van der Waals surface area contributed by atoms with E-state index in [0.717, 1.165) is 29.2 Å². The number of hydrogen-bond donors (Lipinski definition) is 1. The lowest BCUT2D eigenvalue weighted by atomic mass is 10.2. The number of nitrogens with one attached hydrogen (secondary N) is 1. The van der Waals surface area contributed by atoms with Crippen molar-refractivity contribution < 1.29 is 4.74 Å². The molecule has 0 saturated heterocycles. The summed E-state index contributed by atoms with van der Waals surface area (Å²) < 4.78 is 5.88. The van der Waals surface area contributed by atoms with Gasteiger partial charge in [0, 0.05) is 31.0 Å². The van der Waals surface area contributed by atoms with Crippen molar-refractivity contribution in [3.63, 3.8) is 0 Å². The highest BCUT2D eigenvalue weighted by Gasteiger charge is 2.05. The van der Waals surface area contributed by atoms with Crippen LogP contribution in [-0.4, -0.2) is 47.1 Å². The molecule has 0 unspecified atom stereocenters. The summed E-state index contributed by atoms with van der Waals surface area (Å²) in [5, 5.41) is 3.32. The van der Waals surface area contributed by atoms with Crippen molar-refractivity contribution in [2.75, 3.05) is 32.6 Å². The third-order valence-electron chi connectivity index (χ3n) is 3.56. The van der Waals surface area contributed by atoms with E-state index in [2.05, 4.69) is 31.2 Å². The van der Waals surface area contributed by atoms with E-state index in [1.807, 2.05) is 44.4 Å². The molecule has 0 spiro atoms. The van der Waals surface area contributed by atoms with Gasteiger partial charge in [-0.3, -0.25) is 4.98 Å². The smallest absolute Gasteiger partial charge is 0.180 e. The first-order valence-electron chi connectivity index (χ1n) is 7.89. The number of rotatable bonds is 7. The van der Waals surface area contributed by atoms with Gasteiger partial charge in [-0.25, -0.2) is 9.97 Å². The van der Waals surface area contributed by atoms with E-state index in [1.165, 1.54) is 0 Å². The molecule has 0 aliphatic rings. The lowest BCUT2D eigenvalue weighted by Gasteiger charge is -2.14. The third-order valence-corrected chi connectivity index (χ3v) is 3.56. The molecule has 0 amide bonds. The number of para-hydroxylation sites is 1. The summed E-state index contributed by atoms with van der Waals surface area (Å²) in [5.74, 6) is 1.67. The van der Waals surface area contributed by atoms with Gasteiger partial charge in [-0.2, -0.15) is 0 Å². The maximum absolute atomic E-state index is 5.88. The van der Waals surface area contributed by atoms with Gasteiger partial charge in [0.1, 0.15) is 23.7 Å². The van der Waals surface area contributed by atoms with Crippen LogP contribution in [-0.2, 0) is 6.54 Å². The maximum atomic E-state index is 5.88. The number of pyridine rings is 1. The van der Waals surface area contributed by atoms with Gasteiger partial charge in [0.25, 0.3) is 0 Å². The van der Waals surface area contributed by atoms with Crippen LogP contribution in [0.3, 0.4) is 0 Å². The van der Waals surface area contributed by atoms with Crippen molar-refractivity contribution in [3.8, 4) is 5.75 Å². The molecule has 0 atom stereocenters. The van der Waals surface area contributed by atoms with Gasteiger partial charge in [-0.15, -0.1) is 0 Å². The molecular formula is C18H21N5O. The maximum Gasteiger partial charge on any atom is 0.180 e. The highest BCUT2D eigenvalue weighted by Crippen LogP contribution is 2.19. The van der Waals surface area contributed by atoms with Gasteiger partial charge < -0.3 is 15.0 Å². The Morgan fingerprint density at radius 3 is 2.75 bits per heavy atom.